The van der Waals surface area contributed by atoms with Gasteiger partial charge in [-0.15, -0.1) is 0 Å². The maximum Gasteiger partial charge on any atom is 0.416 e. The highest BCUT2D eigenvalue weighted by molar-refractivity contribution is 9.13. The Kier molecular flexibility index (Phi) is 3.77. The van der Waals surface area contributed by atoms with Gasteiger partial charge in [0.05, 0.1) is 10.0 Å². The Morgan fingerprint density at radius 3 is 2.33 bits per heavy atom. The lowest BCUT2D eigenvalue weighted by Crippen LogP contribution is -2.04. The predicted molar refractivity (Wildman–Crippen MR) is 70.1 cm³/mol. The van der Waals surface area contributed by atoms with Crippen LogP contribution in [-0.2, 0) is 6.18 Å². The van der Waals surface area contributed by atoms with Crippen LogP contribution in [0.3, 0.4) is 0 Å². The van der Waals surface area contributed by atoms with Crippen LogP contribution in [0.1, 0.15) is 5.56 Å². The number of hydrogen-bond donors (Lipinski definition) is 0. The molecular weight excluding hydrogens is 375 g/mol. The van der Waals surface area contributed by atoms with Crippen LogP contribution in [0.15, 0.2) is 45.6 Å². The molecule has 0 aliphatic heterocycles. The van der Waals surface area contributed by atoms with E-state index in [-0.39, 0.29) is 0 Å². The second-order valence-corrected chi connectivity index (χ2v) is 5.18. The Balaban J connectivity index is 2.48. The van der Waals surface area contributed by atoms with E-state index in [2.05, 4.69) is 36.8 Å². The molecule has 0 unspecified atom stereocenters. The highest BCUT2D eigenvalue weighted by Gasteiger charge is 2.30. The minimum Gasteiger partial charge on any atom is -0.248 e. The van der Waals surface area contributed by atoms with E-state index in [0.29, 0.717) is 20.2 Å². The lowest BCUT2D eigenvalue weighted by molar-refractivity contribution is -0.137. The minimum atomic E-state index is -4.34. The first-order valence-electron chi connectivity index (χ1n) is 4.86. The van der Waals surface area contributed by atoms with Crippen molar-refractivity contribution in [1.29, 1.82) is 0 Å². The lowest BCUT2D eigenvalue weighted by Gasteiger charge is -2.09. The van der Waals surface area contributed by atoms with Gasteiger partial charge in [-0.1, -0.05) is 12.1 Å². The molecule has 0 N–H and O–H groups in total. The molecule has 6 heteroatoms. The third kappa shape index (κ3) is 2.92. The van der Waals surface area contributed by atoms with Gasteiger partial charge in [-0.05, 0) is 55.6 Å². The lowest BCUT2D eigenvalue weighted by atomic mass is 10.0. The topological polar surface area (TPSA) is 12.9 Å². The fourth-order valence-electron chi connectivity index (χ4n) is 1.45. The number of halogens is 5. The van der Waals surface area contributed by atoms with Crippen molar-refractivity contribution in [3.63, 3.8) is 0 Å². The van der Waals surface area contributed by atoms with Gasteiger partial charge in [0.15, 0.2) is 0 Å². The normalized spacial score (nSPS) is 11.6. The summed E-state index contributed by atoms with van der Waals surface area (Å²) >= 11 is 6.48. The molecule has 0 fully saturated rings. The Hall–Kier alpha value is -0.880. The summed E-state index contributed by atoms with van der Waals surface area (Å²) in [6.45, 7) is 0. The number of hydrogen-bond acceptors (Lipinski definition) is 1. The van der Waals surface area contributed by atoms with Crippen LogP contribution >= 0.6 is 31.9 Å². The number of alkyl halides is 3. The van der Waals surface area contributed by atoms with Crippen molar-refractivity contribution < 1.29 is 13.2 Å². The average molecular weight is 381 g/mol. The maximum atomic E-state index is 12.6. The Morgan fingerprint density at radius 2 is 1.72 bits per heavy atom. The summed E-state index contributed by atoms with van der Waals surface area (Å²) in [6, 6.07) is 6.87. The molecule has 18 heavy (non-hydrogen) atoms. The molecule has 2 rings (SSSR count). The van der Waals surface area contributed by atoms with Crippen molar-refractivity contribution >= 4 is 31.9 Å². The Bertz CT molecular complexity index is 582. The summed E-state index contributed by atoms with van der Waals surface area (Å²) in [4.78, 5) is 4.04. The van der Waals surface area contributed by atoms with Crippen LogP contribution < -0.4 is 0 Å². The van der Waals surface area contributed by atoms with Crippen molar-refractivity contribution in [3.8, 4) is 11.1 Å². The summed E-state index contributed by atoms with van der Waals surface area (Å²) in [5.41, 5.74) is 0.431. The zero-order chi connectivity index (χ0) is 13.3. The summed E-state index contributed by atoms with van der Waals surface area (Å²) in [5, 5.41) is 0. The van der Waals surface area contributed by atoms with Crippen LogP contribution in [0.4, 0.5) is 13.2 Å². The largest absolute Gasteiger partial charge is 0.416 e. The highest BCUT2D eigenvalue weighted by atomic mass is 79.9. The molecule has 1 nitrogen and oxygen atoms in total. The SMILES string of the molecule is FC(F)(F)c1cccc(-c2cnc(Br)c(Br)c2)c1. The number of rotatable bonds is 1. The van der Waals surface area contributed by atoms with E-state index in [1.54, 1.807) is 12.1 Å². The van der Waals surface area contributed by atoms with E-state index in [1.807, 2.05) is 0 Å². The zero-order valence-electron chi connectivity index (χ0n) is 8.80. The predicted octanol–water partition coefficient (Wildman–Crippen LogP) is 5.29. The van der Waals surface area contributed by atoms with Crippen molar-refractivity contribution in [2.75, 3.05) is 0 Å². The van der Waals surface area contributed by atoms with Gasteiger partial charge in [0, 0.05) is 11.8 Å². The molecule has 2 aromatic rings. The van der Waals surface area contributed by atoms with Gasteiger partial charge in [-0.2, -0.15) is 13.2 Å². The summed E-state index contributed by atoms with van der Waals surface area (Å²) in [7, 11) is 0. The molecule has 0 spiro atoms. The van der Waals surface area contributed by atoms with Crippen LogP contribution in [0.25, 0.3) is 11.1 Å². The third-order valence-corrected chi connectivity index (χ3v) is 4.09. The van der Waals surface area contributed by atoms with Crippen molar-refractivity contribution in [3.05, 3.63) is 51.2 Å². The van der Waals surface area contributed by atoms with Gasteiger partial charge in [-0.3, -0.25) is 0 Å². The molecule has 0 bridgehead atoms. The second kappa shape index (κ2) is 5.01. The monoisotopic (exact) mass is 379 g/mol. The smallest absolute Gasteiger partial charge is 0.248 e. The number of benzene rings is 1. The first-order chi connectivity index (χ1) is 8.38. The molecule has 0 amide bonds. The standard InChI is InChI=1S/C12H6Br2F3N/c13-10-5-8(6-18-11(10)14)7-2-1-3-9(4-7)12(15,16)17/h1-6H. The fraction of sp³-hybridized carbons (Fsp3) is 0.0833. The van der Waals surface area contributed by atoms with E-state index in [4.69, 9.17) is 0 Å². The van der Waals surface area contributed by atoms with Gasteiger partial charge in [0.25, 0.3) is 0 Å². The van der Waals surface area contributed by atoms with Gasteiger partial charge in [0.2, 0.25) is 0 Å². The van der Waals surface area contributed by atoms with E-state index >= 15 is 0 Å². The van der Waals surface area contributed by atoms with Crippen LogP contribution in [0, 0.1) is 0 Å². The van der Waals surface area contributed by atoms with E-state index in [1.165, 1.54) is 12.3 Å². The molecule has 0 aliphatic rings. The minimum absolute atomic E-state index is 0.477. The van der Waals surface area contributed by atoms with Gasteiger partial charge < -0.3 is 0 Å². The van der Waals surface area contributed by atoms with Crippen LogP contribution in [-0.4, -0.2) is 4.98 Å². The molecule has 0 aliphatic carbocycles. The Morgan fingerprint density at radius 1 is 1.00 bits per heavy atom. The van der Waals surface area contributed by atoms with Crippen molar-refractivity contribution in [2.45, 2.75) is 6.18 Å². The zero-order valence-corrected chi connectivity index (χ0v) is 12.0. The maximum absolute atomic E-state index is 12.6. The molecule has 1 aromatic carbocycles. The first kappa shape index (κ1) is 13.5. The molecule has 0 atom stereocenters. The van der Waals surface area contributed by atoms with E-state index < -0.39 is 11.7 Å². The molecule has 1 heterocycles. The van der Waals surface area contributed by atoms with E-state index in [9.17, 15) is 13.2 Å². The molecule has 0 saturated heterocycles. The van der Waals surface area contributed by atoms with Crippen molar-refractivity contribution in [2.24, 2.45) is 0 Å². The van der Waals surface area contributed by atoms with Gasteiger partial charge >= 0.3 is 6.18 Å². The van der Waals surface area contributed by atoms with Gasteiger partial charge in [-0.25, -0.2) is 4.98 Å². The highest BCUT2D eigenvalue weighted by Crippen LogP contribution is 2.33. The second-order valence-electron chi connectivity index (χ2n) is 3.58. The van der Waals surface area contributed by atoms with Gasteiger partial charge in [0.1, 0.15) is 4.60 Å². The summed E-state index contributed by atoms with van der Waals surface area (Å²) in [5.74, 6) is 0. The van der Waals surface area contributed by atoms with Crippen LogP contribution in [0.5, 0.6) is 0 Å². The molecule has 1 aromatic heterocycles. The quantitative estimate of drug-likeness (QED) is 0.612. The molecule has 0 radical (unpaired) electrons. The fourth-order valence-corrected chi connectivity index (χ4v) is 2.02. The molecule has 94 valence electrons. The number of aromatic nitrogens is 1. The number of nitrogens with zero attached hydrogens (tertiary/aromatic N) is 1. The average Bonchev–Trinajstić information content (AvgIpc) is 2.32. The Labute approximate surface area is 118 Å². The summed E-state index contributed by atoms with van der Waals surface area (Å²) < 4.78 is 39.1. The summed E-state index contributed by atoms with van der Waals surface area (Å²) in [6.07, 6.45) is -2.82. The number of pyridine rings is 1. The van der Waals surface area contributed by atoms with Crippen molar-refractivity contribution in [1.82, 2.24) is 4.98 Å². The molecular formula is C12H6Br2F3N. The van der Waals surface area contributed by atoms with Crippen LogP contribution in [0.2, 0.25) is 0 Å². The van der Waals surface area contributed by atoms with E-state index in [0.717, 1.165) is 12.1 Å². The molecule has 0 saturated carbocycles. The third-order valence-electron chi connectivity index (χ3n) is 2.32. The first-order valence-corrected chi connectivity index (χ1v) is 6.45.